The first kappa shape index (κ1) is 13.5. The third-order valence-electron chi connectivity index (χ3n) is 4.32. The van der Waals surface area contributed by atoms with Crippen LogP contribution in [0.25, 0.3) is 0 Å². The molecule has 3 rings (SSSR count). The van der Waals surface area contributed by atoms with E-state index in [2.05, 4.69) is 46.2 Å². The van der Waals surface area contributed by atoms with Crippen molar-refractivity contribution < 1.29 is 0 Å². The van der Waals surface area contributed by atoms with E-state index in [9.17, 15) is 0 Å². The fourth-order valence-electron chi connectivity index (χ4n) is 3.20. The van der Waals surface area contributed by atoms with Crippen molar-refractivity contribution in [2.24, 2.45) is 0 Å². The smallest absolute Gasteiger partial charge is 0.0237 e. The van der Waals surface area contributed by atoms with Crippen LogP contribution in [0.2, 0.25) is 0 Å². The molecule has 0 spiro atoms. The van der Waals surface area contributed by atoms with Gasteiger partial charge in [0.25, 0.3) is 0 Å². The van der Waals surface area contributed by atoms with Crippen molar-refractivity contribution in [2.75, 3.05) is 37.7 Å². The molecule has 19 heavy (non-hydrogen) atoms. The normalized spacial score (nSPS) is 22.5. The topological polar surface area (TPSA) is 15.3 Å². The van der Waals surface area contributed by atoms with Crippen LogP contribution in [0.5, 0.6) is 0 Å². The predicted octanol–water partition coefficient (Wildman–Crippen LogP) is 2.70. The highest BCUT2D eigenvalue weighted by molar-refractivity contribution is 7.99. The monoisotopic (exact) mass is 276 g/mol. The number of thioether (sulfide) groups is 1. The molecule has 0 radical (unpaired) electrons. The number of rotatable bonds is 3. The van der Waals surface area contributed by atoms with Crippen LogP contribution in [-0.2, 0) is 6.54 Å². The van der Waals surface area contributed by atoms with Crippen LogP contribution in [0.3, 0.4) is 0 Å². The minimum Gasteiger partial charge on any atom is -0.314 e. The Bertz CT molecular complexity index is 395. The molecule has 0 bridgehead atoms. The standard InChI is InChI=1S/C16H24N2S/c1-2-4-16(14-5-11-19-12-6-14)15(3-1)13-18-9-7-17-8-10-18/h1-4,14,17H,5-13H2. The molecular formula is C16H24N2S. The number of hydrogen-bond donors (Lipinski definition) is 1. The Labute approximate surface area is 121 Å². The summed E-state index contributed by atoms with van der Waals surface area (Å²) in [6, 6.07) is 9.15. The molecule has 2 aliphatic rings. The number of benzene rings is 1. The molecular weight excluding hydrogens is 252 g/mol. The van der Waals surface area contributed by atoms with E-state index in [-0.39, 0.29) is 0 Å². The lowest BCUT2D eigenvalue weighted by atomic mass is 9.89. The van der Waals surface area contributed by atoms with Gasteiger partial charge in [-0.3, -0.25) is 4.90 Å². The van der Waals surface area contributed by atoms with E-state index in [4.69, 9.17) is 0 Å². The average molecular weight is 276 g/mol. The highest BCUT2D eigenvalue weighted by atomic mass is 32.2. The van der Waals surface area contributed by atoms with Crippen molar-refractivity contribution in [1.29, 1.82) is 0 Å². The van der Waals surface area contributed by atoms with E-state index >= 15 is 0 Å². The van der Waals surface area contributed by atoms with Crippen LogP contribution in [0.15, 0.2) is 24.3 Å². The molecule has 0 saturated carbocycles. The van der Waals surface area contributed by atoms with Crippen molar-refractivity contribution >= 4 is 11.8 Å². The van der Waals surface area contributed by atoms with E-state index < -0.39 is 0 Å². The molecule has 1 aromatic carbocycles. The number of hydrogen-bond acceptors (Lipinski definition) is 3. The minimum absolute atomic E-state index is 0.806. The number of nitrogens with one attached hydrogen (secondary N) is 1. The van der Waals surface area contributed by atoms with Gasteiger partial charge in [-0.1, -0.05) is 24.3 Å². The third-order valence-corrected chi connectivity index (χ3v) is 5.37. The quantitative estimate of drug-likeness (QED) is 0.914. The van der Waals surface area contributed by atoms with Crippen LogP contribution in [0, 0.1) is 0 Å². The van der Waals surface area contributed by atoms with Crippen LogP contribution >= 0.6 is 11.8 Å². The molecule has 1 N–H and O–H groups in total. The molecule has 0 unspecified atom stereocenters. The van der Waals surface area contributed by atoms with Gasteiger partial charge in [-0.2, -0.15) is 11.8 Å². The Morgan fingerprint density at radius 3 is 2.63 bits per heavy atom. The van der Waals surface area contributed by atoms with Gasteiger partial charge >= 0.3 is 0 Å². The highest BCUT2D eigenvalue weighted by Gasteiger charge is 2.19. The van der Waals surface area contributed by atoms with Gasteiger partial charge in [0.15, 0.2) is 0 Å². The van der Waals surface area contributed by atoms with Gasteiger partial charge in [0.05, 0.1) is 0 Å². The van der Waals surface area contributed by atoms with E-state index in [1.165, 1.54) is 37.4 Å². The van der Waals surface area contributed by atoms with Crippen molar-refractivity contribution in [3.8, 4) is 0 Å². The van der Waals surface area contributed by atoms with Gasteiger partial charge in [0.2, 0.25) is 0 Å². The second-order valence-electron chi connectivity index (χ2n) is 5.61. The molecule has 2 aliphatic heterocycles. The molecule has 2 saturated heterocycles. The Balaban J connectivity index is 1.72. The third kappa shape index (κ3) is 3.53. The predicted molar refractivity (Wildman–Crippen MR) is 83.9 cm³/mol. The summed E-state index contributed by atoms with van der Waals surface area (Å²) in [5, 5.41) is 3.43. The van der Waals surface area contributed by atoms with Gasteiger partial charge in [-0.25, -0.2) is 0 Å². The van der Waals surface area contributed by atoms with Gasteiger partial charge in [0.1, 0.15) is 0 Å². The Kier molecular flexibility index (Phi) is 4.81. The van der Waals surface area contributed by atoms with Gasteiger partial charge < -0.3 is 5.32 Å². The SMILES string of the molecule is c1ccc(C2CCSCC2)c(CN2CCNCC2)c1. The minimum atomic E-state index is 0.806. The second kappa shape index (κ2) is 6.78. The highest BCUT2D eigenvalue weighted by Crippen LogP contribution is 2.33. The Morgan fingerprint density at radius 1 is 1.11 bits per heavy atom. The van der Waals surface area contributed by atoms with Gasteiger partial charge in [-0.15, -0.1) is 0 Å². The van der Waals surface area contributed by atoms with Crippen molar-refractivity contribution in [1.82, 2.24) is 10.2 Å². The number of piperazine rings is 1. The number of nitrogens with zero attached hydrogens (tertiary/aromatic N) is 1. The lowest BCUT2D eigenvalue weighted by Gasteiger charge is -2.30. The zero-order valence-corrected chi connectivity index (χ0v) is 12.4. The molecule has 2 fully saturated rings. The van der Waals surface area contributed by atoms with E-state index in [1.54, 1.807) is 11.1 Å². The molecule has 0 amide bonds. The summed E-state index contributed by atoms with van der Waals surface area (Å²) in [4.78, 5) is 2.59. The molecule has 2 nitrogen and oxygen atoms in total. The van der Waals surface area contributed by atoms with Crippen molar-refractivity contribution in [3.05, 3.63) is 35.4 Å². The van der Waals surface area contributed by atoms with Gasteiger partial charge in [-0.05, 0) is 41.4 Å². The molecule has 2 heterocycles. The molecule has 0 aliphatic carbocycles. The zero-order valence-electron chi connectivity index (χ0n) is 11.6. The maximum Gasteiger partial charge on any atom is 0.0237 e. The zero-order chi connectivity index (χ0) is 12.9. The van der Waals surface area contributed by atoms with E-state index in [0.717, 1.165) is 25.6 Å². The lowest BCUT2D eigenvalue weighted by molar-refractivity contribution is 0.232. The maximum atomic E-state index is 3.43. The Hall–Kier alpha value is -0.510. The second-order valence-corrected chi connectivity index (χ2v) is 6.84. The molecule has 0 atom stereocenters. The summed E-state index contributed by atoms with van der Waals surface area (Å²) >= 11 is 2.12. The summed E-state index contributed by atoms with van der Waals surface area (Å²) in [6.45, 7) is 5.80. The first-order valence-electron chi connectivity index (χ1n) is 7.52. The van der Waals surface area contributed by atoms with Gasteiger partial charge in [0, 0.05) is 32.7 Å². The summed E-state index contributed by atoms with van der Waals surface area (Å²) in [5.74, 6) is 3.49. The molecule has 3 heteroatoms. The average Bonchev–Trinajstić information content (AvgIpc) is 2.50. The molecule has 1 aromatic rings. The maximum absolute atomic E-state index is 3.43. The fraction of sp³-hybridized carbons (Fsp3) is 0.625. The molecule has 104 valence electrons. The fourth-order valence-corrected chi connectivity index (χ4v) is 4.30. The summed E-state index contributed by atoms with van der Waals surface area (Å²) in [7, 11) is 0. The van der Waals surface area contributed by atoms with Crippen LogP contribution in [0.4, 0.5) is 0 Å². The summed E-state index contributed by atoms with van der Waals surface area (Å²) in [5.41, 5.74) is 3.20. The van der Waals surface area contributed by atoms with Crippen LogP contribution < -0.4 is 5.32 Å². The summed E-state index contributed by atoms with van der Waals surface area (Å²) < 4.78 is 0. The van der Waals surface area contributed by atoms with Crippen LogP contribution in [0.1, 0.15) is 29.9 Å². The van der Waals surface area contributed by atoms with E-state index in [1.807, 2.05) is 0 Å². The Morgan fingerprint density at radius 2 is 1.84 bits per heavy atom. The first-order valence-corrected chi connectivity index (χ1v) is 8.67. The van der Waals surface area contributed by atoms with Crippen LogP contribution in [-0.4, -0.2) is 42.6 Å². The van der Waals surface area contributed by atoms with Crippen molar-refractivity contribution in [2.45, 2.75) is 25.3 Å². The summed E-state index contributed by atoms with van der Waals surface area (Å²) in [6.07, 6.45) is 2.73. The molecule has 0 aromatic heterocycles. The first-order chi connectivity index (χ1) is 9.43. The lowest BCUT2D eigenvalue weighted by Crippen LogP contribution is -2.43. The largest absolute Gasteiger partial charge is 0.314 e. The van der Waals surface area contributed by atoms with Crippen molar-refractivity contribution in [3.63, 3.8) is 0 Å². The van der Waals surface area contributed by atoms with E-state index in [0.29, 0.717) is 0 Å².